The van der Waals surface area contributed by atoms with E-state index in [1.807, 2.05) is 24.3 Å². The third-order valence-electron chi connectivity index (χ3n) is 5.41. The van der Waals surface area contributed by atoms with Crippen LogP contribution in [0.1, 0.15) is 29.7 Å². The molecule has 0 bridgehead atoms. The topological polar surface area (TPSA) is 58.4 Å². The fourth-order valence-electron chi connectivity index (χ4n) is 3.91. The van der Waals surface area contributed by atoms with Gasteiger partial charge in [-0.25, -0.2) is 0 Å². The van der Waals surface area contributed by atoms with Crippen molar-refractivity contribution in [3.8, 4) is 0 Å². The van der Waals surface area contributed by atoms with Gasteiger partial charge in [0.2, 0.25) is 5.91 Å². The van der Waals surface area contributed by atoms with Gasteiger partial charge in [0.25, 0.3) is 0 Å². The van der Waals surface area contributed by atoms with Crippen molar-refractivity contribution in [2.45, 2.75) is 32.9 Å². The number of hydrogen-bond acceptors (Lipinski definition) is 4. The van der Waals surface area contributed by atoms with Crippen LogP contribution in [0.25, 0.3) is 10.9 Å². The summed E-state index contributed by atoms with van der Waals surface area (Å²) >= 11 is 0. The van der Waals surface area contributed by atoms with Crippen LogP contribution in [0.15, 0.2) is 53.3 Å². The first-order valence-electron chi connectivity index (χ1n) is 9.56. The van der Waals surface area contributed by atoms with Crippen molar-refractivity contribution in [2.75, 3.05) is 13.1 Å². The van der Waals surface area contributed by atoms with Gasteiger partial charge in [0, 0.05) is 24.7 Å². The summed E-state index contributed by atoms with van der Waals surface area (Å²) in [5, 5.41) is 4.28. The highest BCUT2D eigenvalue weighted by atomic mass is 16.3. The second-order valence-electron chi connectivity index (χ2n) is 7.30. The number of aromatic nitrogens is 1. The Kier molecular flexibility index (Phi) is 5.21. The largest absolute Gasteiger partial charge is 0.468 e. The van der Waals surface area contributed by atoms with Gasteiger partial charge in [0.1, 0.15) is 5.76 Å². The van der Waals surface area contributed by atoms with Gasteiger partial charge in [0.15, 0.2) is 0 Å². The van der Waals surface area contributed by atoms with Crippen LogP contribution in [0.3, 0.4) is 0 Å². The highest BCUT2D eigenvalue weighted by Crippen LogP contribution is 2.22. The Morgan fingerprint density at radius 2 is 2.22 bits per heavy atom. The number of hydrogen-bond donors (Lipinski definition) is 1. The number of pyridine rings is 1. The highest BCUT2D eigenvalue weighted by molar-refractivity contribution is 5.84. The van der Waals surface area contributed by atoms with E-state index in [0.717, 1.165) is 54.7 Å². The predicted molar refractivity (Wildman–Crippen MR) is 105 cm³/mol. The van der Waals surface area contributed by atoms with E-state index in [4.69, 9.17) is 4.42 Å². The zero-order valence-electron chi connectivity index (χ0n) is 15.6. The second kappa shape index (κ2) is 7.92. The van der Waals surface area contributed by atoms with Crippen LogP contribution in [0.4, 0.5) is 0 Å². The monoisotopic (exact) mass is 363 g/mol. The molecule has 1 saturated heterocycles. The molecule has 1 aromatic carbocycles. The minimum Gasteiger partial charge on any atom is -0.468 e. The summed E-state index contributed by atoms with van der Waals surface area (Å²) in [7, 11) is 0. The first kappa shape index (κ1) is 17.7. The first-order valence-corrected chi connectivity index (χ1v) is 9.56. The lowest BCUT2D eigenvalue weighted by atomic mass is 9.96. The van der Waals surface area contributed by atoms with Crippen LogP contribution in [0.5, 0.6) is 0 Å². The average Bonchev–Trinajstić information content (AvgIpc) is 3.20. The minimum absolute atomic E-state index is 0.0297. The van der Waals surface area contributed by atoms with Crippen molar-refractivity contribution in [1.82, 2.24) is 15.2 Å². The summed E-state index contributed by atoms with van der Waals surface area (Å²) in [6.45, 7) is 5.19. The fraction of sp³-hybridized carbons (Fsp3) is 0.364. The van der Waals surface area contributed by atoms with Crippen LogP contribution in [-0.2, 0) is 17.9 Å². The van der Waals surface area contributed by atoms with Crippen molar-refractivity contribution in [2.24, 2.45) is 5.92 Å². The summed E-state index contributed by atoms with van der Waals surface area (Å²) in [6, 6.07) is 12.0. The molecule has 1 amide bonds. The zero-order valence-corrected chi connectivity index (χ0v) is 15.6. The van der Waals surface area contributed by atoms with E-state index in [9.17, 15) is 4.79 Å². The third kappa shape index (κ3) is 4.03. The number of piperidine rings is 1. The van der Waals surface area contributed by atoms with Gasteiger partial charge in [-0.3, -0.25) is 14.7 Å². The Bertz CT molecular complexity index is 920. The van der Waals surface area contributed by atoms with E-state index < -0.39 is 0 Å². The normalized spacial score (nSPS) is 17.9. The smallest absolute Gasteiger partial charge is 0.224 e. The molecule has 27 heavy (non-hydrogen) atoms. The lowest BCUT2D eigenvalue weighted by Gasteiger charge is -2.31. The molecule has 0 aliphatic carbocycles. The van der Waals surface area contributed by atoms with E-state index >= 15 is 0 Å². The van der Waals surface area contributed by atoms with Crippen LogP contribution in [0, 0.1) is 12.8 Å². The van der Waals surface area contributed by atoms with Crippen LogP contribution in [-0.4, -0.2) is 28.9 Å². The average molecular weight is 363 g/mol. The number of rotatable bonds is 5. The van der Waals surface area contributed by atoms with Crippen LogP contribution < -0.4 is 5.32 Å². The molecule has 2 aromatic heterocycles. The summed E-state index contributed by atoms with van der Waals surface area (Å²) in [5.41, 5.74) is 3.30. The number of fused-ring (bicyclic) bond motifs is 1. The number of benzene rings is 1. The van der Waals surface area contributed by atoms with Crippen LogP contribution >= 0.6 is 0 Å². The molecule has 0 unspecified atom stereocenters. The number of amides is 1. The van der Waals surface area contributed by atoms with Gasteiger partial charge >= 0.3 is 0 Å². The molecule has 3 aromatic rings. The maximum absolute atomic E-state index is 12.8. The molecule has 5 heteroatoms. The standard InChI is InChI=1S/C22H25N3O2/c1-16-8-9-21-19(7-2-10-23-21)20(16)13-24-22(26)17-5-3-11-25(14-17)15-18-6-4-12-27-18/h2,4,6-10,12,17H,3,5,11,13-15H2,1H3,(H,24,26)/t17-/m1/s1. The molecular formula is C22H25N3O2. The van der Waals surface area contributed by atoms with E-state index in [0.29, 0.717) is 6.54 Å². The van der Waals surface area contributed by atoms with Gasteiger partial charge in [-0.05, 0) is 61.7 Å². The molecule has 3 heterocycles. The molecule has 1 N–H and O–H groups in total. The van der Waals surface area contributed by atoms with Crippen molar-refractivity contribution in [3.63, 3.8) is 0 Å². The van der Waals surface area contributed by atoms with Gasteiger partial charge in [-0.15, -0.1) is 0 Å². The number of carbonyl (C=O) groups is 1. The van der Waals surface area contributed by atoms with E-state index in [1.165, 1.54) is 5.56 Å². The number of nitrogens with zero attached hydrogens (tertiary/aromatic N) is 2. The van der Waals surface area contributed by atoms with E-state index in [2.05, 4.69) is 34.3 Å². The molecule has 140 valence electrons. The molecule has 1 atom stereocenters. The highest BCUT2D eigenvalue weighted by Gasteiger charge is 2.26. The SMILES string of the molecule is Cc1ccc2ncccc2c1CNC(=O)[C@@H]1CCCN(Cc2ccco2)C1. The summed E-state index contributed by atoms with van der Waals surface area (Å²) < 4.78 is 5.44. The fourth-order valence-corrected chi connectivity index (χ4v) is 3.91. The summed E-state index contributed by atoms with van der Waals surface area (Å²) in [5.74, 6) is 1.12. The Hall–Kier alpha value is -2.66. The summed E-state index contributed by atoms with van der Waals surface area (Å²) in [4.78, 5) is 19.5. The Morgan fingerprint density at radius 3 is 3.07 bits per heavy atom. The Balaban J connectivity index is 1.40. The Labute approximate surface area is 159 Å². The molecule has 0 radical (unpaired) electrons. The lowest BCUT2D eigenvalue weighted by Crippen LogP contribution is -2.42. The lowest BCUT2D eigenvalue weighted by molar-refractivity contribution is -0.127. The molecule has 5 nitrogen and oxygen atoms in total. The first-order chi connectivity index (χ1) is 13.2. The van der Waals surface area contributed by atoms with Gasteiger partial charge in [0.05, 0.1) is 24.2 Å². The minimum atomic E-state index is 0.0297. The van der Waals surface area contributed by atoms with Gasteiger partial charge in [-0.2, -0.15) is 0 Å². The number of aryl methyl sites for hydroxylation is 1. The maximum atomic E-state index is 12.8. The zero-order chi connectivity index (χ0) is 18.6. The molecule has 0 saturated carbocycles. The van der Waals surface area contributed by atoms with Crippen molar-refractivity contribution in [3.05, 3.63) is 65.7 Å². The second-order valence-corrected chi connectivity index (χ2v) is 7.30. The summed E-state index contributed by atoms with van der Waals surface area (Å²) in [6.07, 6.45) is 5.48. The van der Waals surface area contributed by atoms with Crippen molar-refractivity contribution in [1.29, 1.82) is 0 Å². The van der Waals surface area contributed by atoms with Gasteiger partial charge < -0.3 is 9.73 Å². The van der Waals surface area contributed by atoms with Crippen LogP contribution in [0.2, 0.25) is 0 Å². The molecule has 1 fully saturated rings. The number of likely N-dealkylation sites (tertiary alicyclic amines) is 1. The van der Waals surface area contributed by atoms with Gasteiger partial charge in [-0.1, -0.05) is 12.1 Å². The maximum Gasteiger partial charge on any atom is 0.224 e. The van der Waals surface area contributed by atoms with Crippen molar-refractivity contribution < 1.29 is 9.21 Å². The predicted octanol–water partition coefficient (Wildman–Crippen LogP) is 3.66. The van der Waals surface area contributed by atoms with Crippen molar-refractivity contribution >= 4 is 16.8 Å². The molecular weight excluding hydrogens is 338 g/mol. The molecule has 4 rings (SSSR count). The van der Waals surface area contributed by atoms with E-state index in [-0.39, 0.29) is 11.8 Å². The number of furan rings is 1. The third-order valence-corrected chi connectivity index (χ3v) is 5.41. The Morgan fingerprint density at radius 1 is 1.30 bits per heavy atom. The number of nitrogens with one attached hydrogen (secondary N) is 1. The number of carbonyl (C=O) groups excluding carboxylic acids is 1. The van der Waals surface area contributed by atoms with E-state index in [1.54, 1.807) is 12.5 Å². The quantitative estimate of drug-likeness (QED) is 0.751. The molecule has 1 aliphatic heterocycles. The molecule has 0 spiro atoms. The molecule has 1 aliphatic rings.